The van der Waals surface area contributed by atoms with Crippen LogP contribution >= 0.6 is 0 Å². The van der Waals surface area contributed by atoms with Crippen molar-refractivity contribution in [3.8, 4) is 0 Å². The molecule has 23 heavy (non-hydrogen) atoms. The van der Waals surface area contributed by atoms with Crippen LogP contribution in [-0.2, 0) is 14.3 Å². The molecule has 2 unspecified atom stereocenters. The lowest BCUT2D eigenvalue weighted by molar-refractivity contribution is -0.162. The van der Waals surface area contributed by atoms with Gasteiger partial charge in [-0.05, 0) is 32.1 Å². The molecule has 1 rings (SSSR count). The van der Waals surface area contributed by atoms with E-state index in [1.807, 2.05) is 20.8 Å². The van der Waals surface area contributed by atoms with Crippen molar-refractivity contribution in [2.24, 2.45) is 5.41 Å². The zero-order valence-electron chi connectivity index (χ0n) is 15.3. The maximum absolute atomic E-state index is 11.8. The molecule has 0 spiro atoms. The molecule has 0 aromatic carbocycles. The van der Waals surface area contributed by atoms with Crippen molar-refractivity contribution in [3.05, 3.63) is 0 Å². The van der Waals surface area contributed by atoms with Crippen molar-refractivity contribution in [1.29, 1.82) is 0 Å². The van der Waals surface area contributed by atoms with Crippen molar-refractivity contribution < 1.29 is 19.4 Å². The van der Waals surface area contributed by atoms with Crippen LogP contribution in [0.2, 0.25) is 0 Å². The van der Waals surface area contributed by atoms with Crippen molar-refractivity contribution >= 4 is 5.78 Å². The average molecular weight is 328 g/mol. The Hall–Kier alpha value is -0.450. The van der Waals surface area contributed by atoms with Crippen LogP contribution in [0.5, 0.6) is 0 Å². The predicted molar refractivity (Wildman–Crippen MR) is 92.3 cm³/mol. The topological polar surface area (TPSA) is 55.8 Å². The van der Waals surface area contributed by atoms with E-state index in [1.165, 1.54) is 6.42 Å². The highest BCUT2D eigenvalue weighted by atomic mass is 16.7. The first-order chi connectivity index (χ1) is 10.9. The molecule has 1 saturated heterocycles. The summed E-state index contributed by atoms with van der Waals surface area (Å²) in [5.41, 5.74) is -0.344. The molecule has 0 aliphatic carbocycles. The number of aliphatic hydroxyl groups excluding tert-OH is 1. The molecule has 2 atom stereocenters. The van der Waals surface area contributed by atoms with E-state index in [4.69, 9.17) is 9.47 Å². The third-order valence-electron chi connectivity index (χ3n) is 4.38. The summed E-state index contributed by atoms with van der Waals surface area (Å²) < 4.78 is 11.2. The van der Waals surface area contributed by atoms with Crippen LogP contribution < -0.4 is 0 Å². The SMILES string of the molecule is CC(C)(C)C(=O)CC(O)CCCCCCCOC1CCCCO1. The first-order valence-electron chi connectivity index (χ1n) is 9.34. The average Bonchev–Trinajstić information content (AvgIpc) is 2.50. The largest absolute Gasteiger partial charge is 0.393 e. The Balaban J connectivity index is 1.90. The van der Waals surface area contributed by atoms with Crippen LogP contribution in [0, 0.1) is 5.41 Å². The molecular weight excluding hydrogens is 292 g/mol. The van der Waals surface area contributed by atoms with Crippen LogP contribution in [0.25, 0.3) is 0 Å². The Morgan fingerprint density at radius 2 is 1.87 bits per heavy atom. The molecule has 1 aliphatic rings. The van der Waals surface area contributed by atoms with Gasteiger partial charge in [0.1, 0.15) is 5.78 Å². The Morgan fingerprint density at radius 3 is 2.52 bits per heavy atom. The smallest absolute Gasteiger partial charge is 0.157 e. The van der Waals surface area contributed by atoms with Crippen molar-refractivity contribution in [2.45, 2.75) is 97.4 Å². The van der Waals surface area contributed by atoms with E-state index in [0.717, 1.165) is 64.6 Å². The molecule has 1 fully saturated rings. The standard InChI is InChI=1S/C19H36O4/c1-19(2,3)17(21)15-16(20)11-7-5-4-6-9-13-22-18-12-8-10-14-23-18/h16,18,20H,4-15H2,1-3H3. The summed E-state index contributed by atoms with van der Waals surface area (Å²) in [6, 6.07) is 0. The van der Waals surface area contributed by atoms with Crippen molar-refractivity contribution in [2.75, 3.05) is 13.2 Å². The normalized spacial score (nSPS) is 20.4. The number of ketones is 1. The molecule has 1 aliphatic heterocycles. The summed E-state index contributed by atoms with van der Waals surface area (Å²) in [5.74, 6) is 0.145. The molecule has 0 amide bonds. The molecule has 0 saturated carbocycles. The number of carbonyl (C=O) groups is 1. The fourth-order valence-corrected chi connectivity index (χ4v) is 2.69. The lowest BCUT2D eigenvalue weighted by Gasteiger charge is -2.22. The third kappa shape index (κ3) is 10.1. The summed E-state index contributed by atoms with van der Waals surface area (Å²) >= 11 is 0. The van der Waals surface area contributed by atoms with Gasteiger partial charge in [0.05, 0.1) is 6.10 Å². The lowest BCUT2D eigenvalue weighted by Crippen LogP contribution is -2.25. The van der Waals surface area contributed by atoms with E-state index in [1.54, 1.807) is 0 Å². The zero-order chi connectivity index (χ0) is 17.1. The van der Waals surface area contributed by atoms with Gasteiger partial charge in [0.2, 0.25) is 0 Å². The van der Waals surface area contributed by atoms with Gasteiger partial charge in [-0.2, -0.15) is 0 Å². The maximum atomic E-state index is 11.8. The molecule has 1 N–H and O–H groups in total. The van der Waals surface area contributed by atoms with Crippen LogP contribution in [0.3, 0.4) is 0 Å². The fraction of sp³-hybridized carbons (Fsp3) is 0.947. The number of Topliss-reactive ketones (excluding diaryl/α,β-unsaturated/α-hetero) is 1. The second-order valence-electron chi connectivity index (χ2n) is 7.75. The molecule has 0 radical (unpaired) electrons. The minimum absolute atomic E-state index is 0.0271. The Labute approximate surface area is 141 Å². The van der Waals surface area contributed by atoms with Crippen molar-refractivity contribution in [1.82, 2.24) is 0 Å². The van der Waals surface area contributed by atoms with Gasteiger partial charge in [-0.15, -0.1) is 0 Å². The molecule has 4 heteroatoms. The number of aliphatic hydroxyl groups is 1. The first-order valence-corrected chi connectivity index (χ1v) is 9.34. The van der Waals surface area contributed by atoms with Crippen molar-refractivity contribution in [3.63, 3.8) is 0 Å². The molecule has 0 aromatic heterocycles. The van der Waals surface area contributed by atoms with Gasteiger partial charge in [0.15, 0.2) is 6.29 Å². The van der Waals surface area contributed by atoms with E-state index in [-0.39, 0.29) is 17.5 Å². The van der Waals surface area contributed by atoms with Gasteiger partial charge in [0, 0.05) is 25.0 Å². The molecule has 0 bridgehead atoms. The first kappa shape index (κ1) is 20.6. The minimum atomic E-state index is -0.478. The zero-order valence-corrected chi connectivity index (χ0v) is 15.3. The van der Waals surface area contributed by atoms with Gasteiger partial charge in [-0.25, -0.2) is 0 Å². The number of ether oxygens (including phenoxy) is 2. The van der Waals surface area contributed by atoms with E-state index in [0.29, 0.717) is 6.42 Å². The van der Waals surface area contributed by atoms with E-state index in [9.17, 15) is 9.90 Å². The number of carbonyl (C=O) groups excluding carboxylic acids is 1. The number of rotatable bonds is 11. The van der Waals surface area contributed by atoms with Gasteiger partial charge in [0.25, 0.3) is 0 Å². The van der Waals surface area contributed by atoms with Gasteiger partial charge in [-0.1, -0.05) is 46.5 Å². The second kappa shape index (κ2) is 11.2. The Bertz CT molecular complexity index is 316. The number of unbranched alkanes of at least 4 members (excludes halogenated alkanes) is 4. The highest BCUT2D eigenvalue weighted by Crippen LogP contribution is 2.20. The van der Waals surface area contributed by atoms with Crippen LogP contribution in [-0.4, -0.2) is 36.5 Å². The van der Waals surface area contributed by atoms with Crippen LogP contribution in [0.1, 0.15) is 85.0 Å². The maximum Gasteiger partial charge on any atom is 0.157 e. The molecule has 4 nitrogen and oxygen atoms in total. The van der Waals surface area contributed by atoms with Gasteiger partial charge >= 0.3 is 0 Å². The highest BCUT2D eigenvalue weighted by Gasteiger charge is 2.23. The summed E-state index contributed by atoms with van der Waals surface area (Å²) in [5, 5.41) is 9.91. The van der Waals surface area contributed by atoms with Crippen LogP contribution in [0.4, 0.5) is 0 Å². The summed E-state index contributed by atoms with van der Waals surface area (Å²) in [6.07, 6.45) is 9.47. The van der Waals surface area contributed by atoms with E-state index >= 15 is 0 Å². The van der Waals surface area contributed by atoms with E-state index in [2.05, 4.69) is 0 Å². The quantitative estimate of drug-likeness (QED) is 0.576. The number of hydrogen-bond donors (Lipinski definition) is 1. The molecule has 0 aromatic rings. The third-order valence-corrected chi connectivity index (χ3v) is 4.38. The summed E-state index contributed by atoms with van der Waals surface area (Å²) in [7, 11) is 0. The Morgan fingerprint density at radius 1 is 1.17 bits per heavy atom. The Kier molecular flexibility index (Phi) is 10.00. The van der Waals surface area contributed by atoms with E-state index < -0.39 is 6.10 Å². The van der Waals surface area contributed by atoms with Gasteiger partial charge < -0.3 is 14.6 Å². The minimum Gasteiger partial charge on any atom is -0.393 e. The predicted octanol–water partition coefficient (Wildman–Crippen LogP) is 4.24. The number of hydrogen-bond acceptors (Lipinski definition) is 4. The second-order valence-corrected chi connectivity index (χ2v) is 7.75. The molecule has 1 heterocycles. The lowest BCUT2D eigenvalue weighted by atomic mass is 9.87. The summed E-state index contributed by atoms with van der Waals surface area (Å²) in [6.45, 7) is 7.34. The van der Waals surface area contributed by atoms with Gasteiger partial charge in [-0.3, -0.25) is 4.79 Å². The fourth-order valence-electron chi connectivity index (χ4n) is 2.69. The van der Waals surface area contributed by atoms with Crippen LogP contribution in [0.15, 0.2) is 0 Å². The monoisotopic (exact) mass is 328 g/mol. The highest BCUT2D eigenvalue weighted by molar-refractivity contribution is 5.83. The summed E-state index contributed by atoms with van der Waals surface area (Å²) in [4.78, 5) is 11.8. The molecular formula is C19H36O4. The molecule has 136 valence electrons.